The SMILES string of the molecule is CC(C)C(Oc1ccc(C#N)cc1C(F)(F)F)C(=O)O. The number of alkyl halides is 3. The zero-order chi connectivity index (χ0) is 15.5. The molecule has 1 atom stereocenters. The van der Waals surface area contributed by atoms with Crippen molar-refractivity contribution in [3.63, 3.8) is 0 Å². The summed E-state index contributed by atoms with van der Waals surface area (Å²) in [6, 6.07) is 4.33. The molecule has 4 nitrogen and oxygen atoms in total. The monoisotopic (exact) mass is 287 g/mol. The molecule has 1 aromatic rings. The second-order valence-electron chi connectivity index (χ2n) is 4.44. The highest BCUT2D eigenvalue weighted by Gasteiger charge is 2.36. The van der Waals surface area contributed by atoms with E-state index in [4.69, 9.17) is 15.1 Å². The second kappa shape index (κ2) is 5.82. The number of carboxylic acid groups (broad SMARTS) is 1. The van der Waals surface area contributed by atoms with E-state index >= 15 is 0 Å². The van der Waals surface area contributed by atoms with Gasteiger partial charge in [-0.2, -0.15) is 18.4 Å². The molecule has 0 aliphatic carbocycles. The summed E-state index contributed by atoms with van der Waals surface area (Å²) < 4.78 is 43.6. The first-order valence-corrected chi connectivity index (χ1v) is 5.67. The number of aliphatic carboxylic acids is 1. The van der Waals surface area contributed by atoms with Crippen molar-refractivity contribution in [1.29, 1.82) is 5.26 Å². The molecule has 0 spiro atoms. The lowest BCUT2D eigenvalue weighted by Crippen LogP contribution is -2.33. The summed E-state index contributed by atoms with van der Waals surface area (Å²) in [6.07, 6.45) is -6.13. The van der Waals surface area contributed by atoms with E-state index in [0.717, 1.165) is 12.1 Å². The molecule has 0 radical (unpaired) electrons. The molecular weight excluding hydrogens is 275 g/mol. The van der Waals surface area contributed by atoms with Crippen molar-refractivity contribution in [3.8, 4) is 11.8 Å². The van der Waals surface area contributed by atoms with Crippen LogP contribution in [0.2, 0.25) is 0 Å². The maximum absolute atomic E-state index is 12.9. The topological polar surface area (TPSA) is 70.3 Å². The molecule has 1 unspecified atom stereocenters. The number of hydrogen-bond acceptors (Lipinski definition) is 3. The maximum Gasteiger partial charge on any atom is 0.420 e. The van der Waals surface area contributed by atoms with Crippen LogP contribution in [-0.2, 0) is 11.0 Å². The Labute approximate surface area is 113 Å². The predicted molar refractivity (Wildman–Crippen MR) is 63.0 cm³/mol. The van der Waals surface area contributed by atoms with Gasteiger partial charge in [-0.25, -0.2) is 4.79 Å². The van der Waals surface area contributed by atoms with Gasteiger partial charge in [0.2, 0.25) is 0 Å². The quantitative estimate of drug-likeness (QED) is 0.923. The van der Waals surface area contributed by atoms with E-state index in [1.165, 1.54) is 13.8 Å². The minimum absolute atomic E-state index is 0.180. The van der Waals surface area contributed by atoms with Gasteiger partial charge in [-0.1, -0.05) is 13.8 Å². The number of halogens is 3. The fourth-order valence-electron chi connectivity index (χ4n) is 1.53. The first-order chi connectivity index (χ1) is 9.16. The molecule has 0 saturated carbocycles. The molecule has 1 N–H and O–H groups in total. The van der Waals surface area contributed by atoms with Crippen LogP contribution in [0.4, 0.5) is 13.2 Å². The van der Waals surface area contributed by atoms with E-state index in [9.17, 15) is 18.0 Å². The zero-order valence-electron chi connectivity index (χ0n) is 10.7. The number of carboxylic acids is 1. The molecule has 108 valence electrons. The van der Waals surface area contributed by atoms with Crippen molar-refractivity contribution in [2.75, 3.05) is 0 Å². The Morgan fingerprint density at radius 3 is 2.40 bits per heavy atom. The van der Waals surface area contributed by atoms with Crippen molar-refractivity contribution >= 4 is 5.97 Å². The van der Waals surface area contributed by atoms with E-state index in [1.54, 1.807) is 6.07 Å². The number of hydrogen-bond donors (Lipinski definition) is 1. The summed E-state index contributed by atoms with van der Waals surface area (Å²) >= 11 is 0. The van der Waals surface area contributed by atoms with Gasteiger partial charge in [0.05, 0.1) is 17.2 Å². The molecule has 0 fully saturated rings. The molecule has 0 aromatic heterocycles. The van der Waals surface area contributed by atoms with Gasteiger partial charge < -0.3 is 9.84 Å². The molecule has 0 saturated heterocycles. The van der Waals surface area contributed by atoms with Gasteiger partial charge >= 0.3 is 12.1 Å². The molecule has 0 bridgehead atoms. The van der Waals surface area contributed by atoms with Crippen molar-refractivity contribution in [1.82, 2.24) is 0 Å². The van der Waals surface area contributed by atoms with Gasteiger partial charge in [-0.15, -0.1) is 0 Å². The van der Waals surface area contributed by atoms with E-state index in [1.807, 2.05) is 0 Å². The van der Waals surface area contributed by atoms with Crippen molar-refractivity contribution in [3.05, 3.63) is 29.3 Å². The average Bonchev–Trinajstić information content (AvgIpc) is 2.33. The minimum Gasteiger partial charge on any atom is -0.478 e. The molecule has 7 heteroatoms. The Morgan fingerprint density at radius 2 is 2.00 bits per heavy atom. The van der Waals surface area contributed by atoms with Gasteiger partial charge in [-0.3, -0.25) is 0 Å². The molecule has 20 heavy (non-hydrogen) atoms. The van der Waals surface area contributed by atoms with Crippen LogP contribution in [0.15, 0.2) is 18.2 Å². The van der Waals surface area contributed by atoms with E-state index < -0.39 is 35.5 Å². The number of ether oxygens (including phenoxy) is 1. The summed E-state index contributed by atoms with van der Waals surface area (Å²) in [5.41, 5.74) is -1.34. The summed E-state index contributed by atoms with van der Waals surface area (Å²) in [4.78, 5) is 11.0. The fourth-order valence-corrected chi connectivity index (χ4v) is 1.53. The van der Waals surface area contributed by atoms with Gasteiger partial charge in [0.15, 0.2) is 6.10 Å². The smallest absolute Gasteiger partial charge is 0.420 e. The van der Waals surface area contributed by atoms with Crippen molar-refractivity contribution in [2.45, 2.75) is 26.1 Å². The highest BCUT2D eigenvalue weighted by Crippen LogP contribution is 2.37. The first-order valence-electron chi connectivity index (χ1n) is 5.67. The van der Waals surface area contributed by atoms with Crippen LogP contribution in [0.3, 0.4) is 0 Å². The van der Waals surface area contributed by atoms with Crippen LogP contribution >= 0.6 is 0 Å². The van der Waals surface area contributed by atoms with Gasteiger partial charge in [0.25, 0.3) is 0 Å². The Bertz CT molecular complexity index is 547. The van der Waals surface area contributed by atoms with Crippen LogP contribution in [0, 0.1) is 17.2 Å². The Balaban J connectivity index is 3.25. The summed E-state index contributed by atoms with van der Waals surface area (Å²) in [5, 5.41) is 17.6. The zero-order valence-corrected chi connectivity index (χ0v) is 10.7. The first kappa shape index (κ1) is 15.8. The standard InChI is InChI=1S/C13H12F3NO3/c1-7(2)11(12(18)19)20-10-4-3-8(6-17)5-9(10)13(14,15)16/h3-5,7,11H,1-2H3,(H,18,19). The highest BCUT2D eigenvalue weighted by atomic mass is 19.4. The van der Waals surface area contributed by atoms with Crippen molar-refractivity contribution in [2.24, 2.45) is 5.92 Å². The van der Waals surface area contributed by atoms with E-state index in [2.05, 4.69) is 0 Å². The van der Waals surface area contributed by atoms with Crippen LogP contribution < -0.4 is 4.74 Å². The molecule has 1 rings (SSSR count). The molecule has 1 aromatic carbocycles. The fraction of sp³-hybridized carbons (Fsp3) is 0.385. The number of nitrogens with zero attached hydrogens (tertiary/aromatic N) is 1. The lowest BCUT2D eigenvalue weighted by Gasteiger charge is -2.21. The Kier molecular flexibility index (Phi) is 4.61. The summed E-state index contributed by atoms with van der Waals surface area (Å²) in [6.45, 7) is 3.05. The summed E-state index contributed by atoms with van der Waals surface area (Å²) in [7, 11) is 0. The largest absolute Gasteiger partial charge is 0.478 e. The van der Waals surface area contributed by atoms with E-state index in [0.29, 0.717) is 6.07 Å². The number of benzene rings is 1. The molecule has 0 aliphatic rings. The van der Waals surface area contributed by atoms with Crippen LogP contribution in [0.5, 0.6) is 5.75 Å². The predicted octanol–water partition coefficient (Wildman–Crippen LogP) is 3.07. The summed E-state index contributed by atoms with van der Waals surface area (Å²) in [5.74, 6) is -2.46. The van der Waals surface area contributed by atoms with Crippen molar-refractivity contribution < 1.29 is 27.8 Å². The van der Waals surface area contributed by atoms with Crippen LogP contribution in [0.25, 0.3) is 0 Å². The average molecular weight is 287 g/mol. The van der Waals surface area contributed by atoms with Gasteiger partial charge in [-0.05, 0) is 18.2 Å². The number of nitriles is 1. The van der Waals surface area contributed by atoms with Gasteiger partial charge in [0, 0.05) is 5.92 Å². The third kappa shape index (κ3) is 3.63. The highest BCUT2D eigenvalue weighted by molar-refractivity contribution is 5.73. The van der Waals surface area contributed by atoms with Crippen LogP contribution in [0.1, 0.15) is 25.0 Å². The molecular formula is C13H12F3NO3. The Morgan fingerprint density at radius 1 is 1.40 bits per heavy atom. The van der Waals surface area contributed by atoms with E-state index in [-0.39, 0.29) is 5.56 Å². The molecule has 0 amide bonds. The second-order valence-corrected chi connectivity index (χ2v) is 4.44. The third-order valence-electron chi connectivity index (χ3n) is 2.52. The maximum atomic E-state index is 12.9. The lowest BCUT2D eigenvalue weighted by atomic mass is 10.1. The lowest BCUT2D eigenvalue weighted by molar-refractivity contribution is -0.150. The normalized spacial score (nSPS) is 12.8. The number of rotatable bonds is 4. The Hall–Kier alpha value is -2.23. The number of carbonyl (C=O) groups is 1. The van der Waals surface area contributed by atoms with Crippen LogP contribution in [-0.4, -0.2) is 17.2 Å². The van der Waals surface area contributed by atoms with Gasteiger partial charge in [0.1, 0.15) is 5.75 Å². The third-order valence-corrected chi connectivity index (χ3v) is 2.52. The molecule has 0 aliphatic heterocycles. The minimum atomic E-state index is -4.73. The molecule has 0 heterocycles.